The minimum Gasteiger partial charge on any atom is -0.454 e. The number of hydrogen-bond acceptors (Lipinski definition) is 2. The van der Waals surface area contributed by atoms with E-state index in [0.29, 0.717) is 6.42 Å². The molecule has 2 rings (SSSR count). The predicted molar refractivity (Wildman–Crippen MR) is 58.4 cm³/mol. The van der Waals surface area contributed by atoms with Gasteiger partial charge in [0.2, 0.25) is 0 Å². The highest BCUT2D eigenvalue weighted by atomic mass is 16.6. The zero-order valence-corrected chi connectivity index (χ0v) is 9.03. The Labute approximate surface area is 90.3 Å². The maximum Gasteiger partial charge on any atom is 0.306 e. The summed E-state index contributed by atoms with van der Waals surface area (Å²) in [5, 5.41) is 0. The third kappa shape index (κ3) is 1.89. The van der Waals surface area contributed by atoms with E-state index >= 15 is 0 Å². The number of esters is 1. The lowest BCUT2D eigenvalue weighted by Crippen LogP contribution is -2.25. The number of ether oxygens (including phenoxy) is 1. The van der Waals surface area contributed by atoms with Crippen LogP contribution in [0.25, 0.3) is 0 Å². The fraction of sp³-hybridized carbons (Fsp3) is 0.462. The molecule has 1 fully saturated rings. The van der Waals surface area contributed by atoms with Crippen molar-refractivity contribution in [1.29, 1.82) is 0 Å². The highest BCUT2D eigenvalue weighted by Crippen LogP contribution is 2.40. The number of carbonyl (C=O) groups excluding carboxylic acids is 1. The number of rotatable bonds is 3. The summed E-state index contributed by atoms with van der Waals surface area (Å²) in [6.45, 7) is 2.12. The Morgan fingerprint density at radius 2 is 2.07 bits per heavy atom. The van der Waals surface area contributed by atoms with Crippen molar-refractivity contribution in [3.8, 4) is 0 Å². The van der Waals surface area contributed by atoms with Crippen LogP contribution in [-0.4, -0.2) is 5.97 Å². The fourth-order valence-corrected chi connectivity index (χ4v) is 2.29. The molecular formula is C13H16O2. The summed E-state index contributed by atoms with van der Waals surface area (Å²) in [7, 11) is 0. The van der Waals surface area contributed by atoms with Crippen LogP contribution in [-0.2, 0) is 15.1 Å². The second-order valence-corrected chi connectivity index (χ2v) is 4.08. The first-order valence-electron chi connectivity index (χ1n) is 5.54. The van der Waals surface area contributed by atoms with Gasteiger partial charge in [0, 0.05) is 12.8 Å². The molecule has 1 unspecified atom stereocenters. The van der Waals surface area contributed by atoms with E-state index in [1.807, 2.05) is 30.3 Å². The summed E-state index contributed by atoms with van der Waals surface area (Å²) in [6, 6.07) is 10.1. The molecule has 1 aliphatic heterocycles. The second-order valence-electron chi connectivity index (χ2n) is 4.08. The molecule has 0 amide bonds. The highest BCUT2D eigenvalue weighted by molar-refractivity contribution is 5.72. The van der Waals surface area contributed by atoms with Gasteiger partial charge < -0.3 is 4.74 Å². The van der Waals surface area contributed by atoms with E-state index in [1.54, 1.807) is 0 Å². The van der Waals surface area contributed by atoms with Crippen LogP contribution in [0.3, 0.4) is 0 Å². The van der Waals surface area contributed by atoms with E-state index in [0.717, 1.165) is 24.8 Å². The molecule has 0 radical (unpaired) electrons. The molecular weight excluding hydrogens is 188 g/mol. The van der Waals surface area contributed by atoms with Gasteiger partial charge in [-0.3, -0.25) is 4.79 Å². The van der Waals surface area contributed by atoms with Crippen molar-refractivity contribution >= 4 is 5.97 Å². The Balaban J connectivity index is 2.31. The summed E-state index contributed by atoms with van der Waals surface area (Å²) in [4.78, 5) is 11.3. The van der Waals surface area contributed by atoms with E-state index in [1.165, 1.54) is 0 Å². The SMILES string of the molecule is CCCC1(c2ccccc2)CCC(=O)O1. The zero-order chi connectivity index (χ0) is 10.7. The summed E-state index contributed by atoms with van der Waals surface area (Å²) in [5.41, 5.74) is 0.797. The summed E-state index contributed by atoms with van der Waals surface area (Å²) in [6.07, 6.45) is 3.32. The first kappa shape index (κ1) is 10.2. The molecule has 1 aromatic carbocycles. The maximum atomic E-state index is 11.3. The predicted octanol–water partition coefficient (Wildman–Crippen LogP) is 3.02. The Hall–Kier alpha value is -1.31. The average molecular weight is 204 g/mol. The molecule has 1 saturated heterocycles. The molecule has 15 heavy (non-hydrogen) atoms. The summed E-state index contributed by atoms with van der Waals surface area (Å²) >= 11 is 0. The van der Waals surface area contributed by atoms with Crippen LogP contribution in [0.4, 0.5) is 0 Å². The Morgan fingerprint density at radius 3 is 2.60 bits per heavy atom. The third-order valence-corrected chi connectivity index (χ3v) is 3.00. The van der Waals surface area contributed by atoms with Crippen LogP contribution >= 0.6 is 0 Å². The van der Waals surface area contributed by atoms with Gasteiger partial charge in [-0.25, -0.2) is 0 Å². The Bertz CT molecular complexity index is 345. The molecule has 80 valence electrons. The number of hydrogen-bond donors (Lipinski definition) is 0. The summed E-state index contributed by atoms with van der Waals surface area (Å²) in [5.74, 6) is -0.0627. The van der Waals surface area contributed by atoms with Gasteiger partial charge in [-0.15, -0.1) is 0 Å². The van der Waals surface area contributed by atoms with Crippen molar-refractivity contribution in [3.63, 3.8) is 0 Å². The number of cyclic esters (lactones) is 1. The van der Waals surface area contributed by atoms with Crippen LogP contribution in [0.2, 0.25) is 0 Å². The Morgan fingerprint density at radius 1 is 1.33 bits per heavy atom. The molecule has 0 bridgehead atoms. The van der Waals surface area contributed by atoms with Gasteiger partial charge >= 0.3 is 5.97 Å². The average Bonchev–Trinajstić information content (AvgIpc) is 2.63. The molecule has 0 saturated carbocycles. The highest BCUT2D eigenvalue weighted by Gasteiger charge is 2.40. The third-order valence-electron chi connectivity index (χ3n) is 3.00. The normalized spacial score (nSPS) is 25.3. The first-order chi connectivity index (χ1) is 7.27. The molecule has 2 nitrogen and oxygen atoms in total. The van der Waals surface area contributed by atoms with Gasteiger partial charge in [0.15, 0.2) is 0 Å². The smallest absolute Gasteiger partial charge is 0.306 e. The van der Waals surface area contributed by atoms with Crippen molar-refractivity contribution in [2.75, 3.05) is 0 Å². The van der Waals surface area contributed by atoms with Crippen LogP contribution in [0.5, 0.6) is 0 Å². The monoisotopic (exact) mass is 204 g/mol. The van der Waals surface area contributed by atoms with Gasteiger partial charge in [0.05, 0.1) is 0 Å². The number of benzene rings is 1. The topological polar surface area (TPSA) is 26.3 Å². The van der Waals surface area contributed by atoms with Crippen LogP contribution < -0.4 is 0 Å². The molecule has 1 aliphatic rings. The van der Waals surface area contributed by atoms with Crippen molar-refractivity contribution in [1.82, 2.24) is 0 Å². The quantitative estimate of drug-likeness (QED) is 0.707. The van der Waals surface area contributed by atoms with Crippen LogP contribution in [0, 0.1) is 0 Å². The lowest BCUT2D eigenvalue weighted by Gasteiger charge is -2.27. The lowest BCUT2D eigenvalue weighted by molar-refractivity contribution is -0.149. The second kappa shape index (κ2) is 4.05. The van der Waals surface area contributed by atoms with E-state index in [-0.39, 0.29) is 11.6 Å². The van der Waals surface area contributed by atoms with E-state index in [2.05, 4.69) is 6.92 Å². The molecule has 0 N–H and O–H groups in total. The minimum atomic E-state index is -0.340. The van der Waals surface area contributed by atoms with Crippen LogP contribution in [0.1, 0.15) is 38.2 Å². The van der Waals surface area contributed by atoms with Crippen molar-refractivity contribution in [2.45, 2.75) is 38.2 Å². The van der Waals surface area contributed by atoms with E-state index in [4.69, 9.17) is 4.74 Å². The van der Waals surface area contributed by atoms with Gasteiger partial charge in [0.25, 0.3) is 0 Å². The van der Waals surface area contributed by atoms with Gasteiger partial charge in [-0.2, -0.15) is 0 Å². The van der Waals surface area contributed by atoms with Gasteiger partial charge in [-0.1, -0.05) is 43.7 Å². The van der Waals surface area contributed by atoms with Gasteiger partial charge in [-0.05, 0) is 12.0 Å². The lowest BCUT2D eigenvalue weighted by atomic mass is 9.87. The van der Waals surface area contributed by atoms with Crippen molar-refractivity contribution in [2.24, 2.45) is 0 Å². The first-order valence-corrected chi connectivity index (χ1v) is 5.54. The molecule has 1 aromatic rings. The molecule has 0 aliphatic carbocycles. The van der Waals surface area contributed by atoms with Crippen molar-refractivity contribution in [3.05, 3.63) is 35.9 Å². The minimum absolute atomic E-state index is 0.0627. The molecule has 1 atom stereocenters. The van der Waals surface area contributed by atoms with Crippen molar-refractivity contribution < 1.29 is 9.53 Å². The molecule has 0 spiro atoms. The maximum absolute atomic E-state index is 11.3. The van der Waals surface area contributed by atoms with Crippen LogP contribution in [0.15, 0.2) is 30.3 Å². The molecule has 1 heterocycles. The number of carbonyl (C=O) groups is 1. The standard InChI is InChI=1S/C13H16O2/c1-2-9-13(10-8-12(14)15-13)11-6-4-3-5-7-11/h3-7H,2,8-10H2,1H3. The fourth-order valence-electron chi connectivity index (χ4n) is 2.29. The molecule has 2 heteroatoms. The Kier molecular flexibility index (Phi) is 2.76. The van der Waals surface area contributed by atoms with E-state index in [9.17, 15) is 4.79 Å². The largest absolute Gasteiger partial charge is 0.454 e. The summed E-state index contributed by atoms with van der Waals surface area (Å²) < 4.78 is 5.54. The van der Waals surface area contributed by atoms with E-state index < -0.39 is 0 Å². The van der Waals surface area contributed by atoms with Gasteiger partial charge in [0.1, 0.15) is 5.60 Å². The zero-order valence-electron chi connectivity index (χ0n) is 9.03. The molecule has 0 aromatic heterocycles.